The second kappa shape index (κ2) is 6.23. The summed E-state index contributed by atoms with van der Waals surface area (Å²) in [7, 11) is 0. The van der Waals surface area contributed by atoms with E-state index in [0.717, 1.165) is 24.8 Å². The van der Waals surface area contributed by atoms with Crippen molar-refractivity contribution in [2.24, 2.45) is 5.92 Å². The van der Waals surface area contributed by atoms with Gasteiger partial charge in [-0.1, -0.05) is 31.4 Å². The molecule has 0 aliphatic carbocycles. The SMILES string of the molecule is CCCC1CCCN(c2nc(N)ncc2Cl)CC1. The standard InChI is InChI=1S/C13H21ClN4/c1-2-4-10-5-3-7-18(8-6-10)12-11(14)9-16-13(15)17-12/h9-10H,2-8H2,1H3,(H2,15,16,17). The van der Waals surface area contributed by atoms with Crippen LogP contribution in [0.3, 0.4) is 0 Å². The summed E-state index contributed by atoms with van der Waals surface area (Å²) in [5.41, 5.74) is 5.64. The number of hydrogen-bond donors (Lipinski definition) is 1. The first-order valence-corrected chi connectivity index (χ1v) is 7.11. The van der Waals surface area contributed by atoms with Crippen LogP contribution >= 0.6 is 11.6 Å². The zero-order valence-electron chi connectivity index (χ0n) is 10.9. The second-order valence-electron chi connectivity index (χ2n) is 4.97. The first kappa shape index (κ1) is 13.4. The molecule has 100 valence electrons. The average molecular weight is 269 g/mol. The lowest BCUT2D eigenvalue weighted by Gasteiger charge is -2.22. The number of nitrogens with zero attached hydrogens (tertiary/aromatic N) is 3. The fraction of sp³-hybridized carbons (Fsp3) is 0.692. The molecule has 1 aromatic heterocycles. The molecule has 5 heteroatoms. The molecule has 18 heavy (non-hydrogen) atoms. The summed E-state index contributed by atoms with van der Waals surface area (Å²) in [5.74, 6) is 1.93. The molecule has 2 heterocycles. The third kappa shape index (κ3) is 3.25. The molecule has 0 radical (unpaired) electrons. The third-order valence-corrected chi connectivity index (χ3v) is 3.85. The second-order valence-corrected chi connectivity index (χ2v) is 5.38. The lowest BCUT2D eigenvalue weighted by Crippen LogP contribution is -2.26. The monoisotopic (exact) mass is 268 g/mol. The van der Waals surface area contributed by atoms with Gasteiger partial charge in [0.15, 0.2) is 5.82 Å². The fourth-order valence-electron chi connectivity index (χ4n) is 2.67. The molecular formula is C13H21ClN4. The zero-order valence-corrected chi connectivity index (χ0v) is 11.7. The molecule has 0 bridgehead atoms. The van der Waals surface area contributed by atoms with Crippen molar-refractivity contribution in [3.63, 3.8) is 0 Å². The zero-order chi connectivity index (χ0) is 13.0. The molecule has 0 aromatic carbocycles. The number of halogens is 1. The van der Waals surface area contributed by atoms with Crippen LogP contribution in [-0.2, 0) is 0 Å². The highest BCUT2D eigenvalue weighted by molar-refractivity contribution is 6.32. The van der Waals surface area contributed by atoms with Crippen molar-refractivity contribution in [3.05, 3.63) is 11.2 Å². The van der Waals surface area contributed by atoms with Crippen molar-refractivity contribution in [1.82, 2.24) is 9.97 Å². The summed E-state index contributed by atoms with van der Waals surface area (Å²) < 4.78 is 0. The molecule has 0 amide bonds. The largest absolute Gasteiger partial charge is 0.368 e. The summed E-state index contributed by atoms with van der Waals surface area (Å²) in [6.07, 6.45) is 7.91. The topological polar surface area (TPSA) is 55.0 Å². The Morgan fingerprint density at radius 1 is 1.44 bits per heavy atom. The average Bonchev–Trinajstić information content (AvgIpc) is 2.58. The van der Waals surface area contributed by atoms with Gasteiger partial charge in [-0.05, 0) is 25.2 Å². The molecule has 1 fully saturated rings. The van der Waals surface area contributed by atoms with Gasteiger partial charge < -0.3 is 10.6 Å². The fourth-order valence-corrected chi connectivity index (χ4v) is 2.88. The normalized spacial score (nSPS) is 20.8. The van der Waals surface area contributed by atoms with E-state index in [2.05, 4.69) is 21.8 Å². The van der Waals surface area contributed by atoms with Crippen LogP contribution in [0.25, 0.3) is 0 Å². The molecular weight excluding hydrogens is 248 g/mol. The van der Waals surface area contributed by atoms with Crippen LogP contribution in [0.4, 0.5) is 11.8 Å². The van der Waals surface area contributed by atoms with Gasteiger partial charge >= 0.3 is 0 Å². The highest BCUT2D eigenvalue weighted by atomic mass is 35.5. The van der Waals surface area contributed by atoms with Crippen LogP contribution in [0.15, 0.2) is 6.20 Å². The van der Waals surface area contributed by atoms with Crippen LogP contribution < -0.4 is 10.6 Å². The Morgan fingerprint density at radius 3 is 3.06 bits per heavy atom. The van der Waals surface area contributed by atoms with Gasteiger partial charge in [-0.25, -0.2) is 4.98 Å². The Morgan fingerprint density at radius 2 is 2.28 bits per heavy atom. The minimum Gasteiger partial charge on any atom is -0.368 e. The van der Waals surface area contributed by atoms with E-state index in [1.54, 1.807) is 6.20 Å². The molecule has 1 saturated heterocycles. The predicted octanol–water partition coefficient (Wildman–Crippen LogP) is 3.12. The number of rotatable bonds is 3. The highest BCUT2D eigenvalue weighted by Gasteiger charge is 2.19. The Balaban J connectivity index is 2.07. The van der Waals surface area contributed by atoms with Gasteiger partial charge in [-0.2, -0.15) is 4.98 Å². The van der Waals surface area contributed by atoms with Crippen LogP contribution in [0.2, 0.25) is 5.02 Å². The lowest BCUT2D eigenvalue weighted by molar-refractivity contribution is 0.435. The van der Waals surface area contributed by atoms with E-state index in [1.165, 1.54) is 32.1 Å². The molecule has 1 aromatic rings. The van der Waals surface area contributed by atoms with Crippen LogP contribution in [0, 0.1) is 5.92 Å². The van der Waals surface area contributed by atoms with E-state index < -0.39 is 0 Å². The smallest absolute Gasteiger partial charge is 0.222 e. The van der Waals surface area contributed by atoms with Gasteiger partial charge in [0.2, 0.25) is 5.95 Å². The van der Waals surface area contributed by atoms with E-state index in [4.69, 9.17) is 17.3 Å². The Hall–Kier alpha value is -1.03. The number of anilines is 2. The summed E-state index contributed by atoms with van der Waals surface area (Å²) in [6, 6.07) is 0. The molecule has 2 N–H and O–H groups in total. The van der Waals surface area contributed by atoms with Crippen LogP contribution in [-0.4, -0.2) is 23.1 Å². The predicted molar refractivity (Wildman–Crippen MR) is 75.9 cm³/mol. The summed E-state index contributed by atoms with van der Waals surface area (Å²) in [5, 5.41) is 0.596. The molecule has 0 saturated carbocycles. The van der Waals surface area contributed by atoms with Gasteiger partial charge in [0.1, 0.15) is 5.02 Å². The Bertz CT molecular complexity index is 397. The Kier molecular flexibility index (Phi) is 4.64. The van der Waals surface area contributed by atoms with Crippen molar-refractivity contribution in [3.8, 4) is 0 Å². The van der Waals surface area contributed by atoms with E-state index in [1.807, 2.05) is 0 Å². The number of aromatic nitrogens is 2. The molecule has 1 aliphatic heterocycles. The minimum atomic E-state index is 0.295. The van der Waals surface area contributed by atoms with Gasteiger partial charge in [-0.3, -0.25) is 0 Å². The summed E-state index contributed by atoms with van der Waals surface area (Å²) in [6.45, 7) is 4.28. The number of nitrogen functional groups attached to an aromatic ring is 1. The molecule has 2 rings (SSSR count). The summed E-state index contributed by atoms with van der Waals surface area (Å²) in [4.78, 5) is 10.4. The number of nitrogens with two attached hydrogens (primary N) is 1. The van der Waals surface area contributed by atoms with Crippen LogP contribution in [0.1, 0.15) is 39.0 Å². The van der Waals surface area contributed by atoms with Gasteiger partial charge in [-0.15, -0.1) is 0 Å². The minimum absolute atomic E-state index is 0.295. The molecule has 1 aliphatic rings. The Labute approximate surface area is 114 Å². The van der Waals surface area contributed by atoms with E-state index >= 15 is 0 Å². The maximum atomic E-state index is 6.16. The van der Waals surface area contributed by atoms with Crippen molar-refractivity contribution in [2.45, 2.75) is 39.0 Å². The maximum Gasteiger partial charge on any atom is 0.222 e. The molecule has 1 unspecified atom stereocenters. The van der Waals surface area contributed by atoms with E-state index in [0.29, 0.717) is 11.0 Å². The van der Waals surface area contributed by atoms with Crippen molar-refractivity contribution < 1.29 is 0 Å². The molecule has 1 atom stereocenters. The van der Waals surface area contributed by atoms with Gasteiger partial charge in [0, 0.05) is 13.1 Å². The van der Waals surface area contributed by atoms with Gasteiger partial charge in [0.25, 0.3) is 0 Å². The first-order valence-electron chi connectivity index (χ1n) is 6.73. The van der Waals surface area contributed by atoms with Crippen molar-refractivity contribution in [1.29, 1.82) is 0 Å². The number of hydrogen-bond acceptors (Lipinski definition) is 4. The van der Waals surface area contributed by atoms with E-state index in [-0.39, 0.29) is 0 Å². The van der Waals surface area contributed by atoms with Crippen molar-refractivity contribution >= 4 is 23.4 Å². The summed E-state index contributed by atoms with van der Waals surface area (Å²) >= 11 is 6.16. The molecule has 4 nitrogen and oxygen atoms in total. The van der Waals surface area contributed by atoms with Crippen molar-refractivity contribution in [2.75, 3.05) is 23.7 Å². The molecule has 0 spiro atoms. The maximum absolute atomic E-state index is 6.16. The van der Waals surface area contributed by atoms with Gasteiger partial charge in [0.05, 0.1) is 6.20 Å². The quantitative estimate of drug-likeness (QED) is 0.915. The highest BCUT2D eigenvalue weighted by Crippen LogP contribution is 2.28. The lowest BCUT2D eigenvalue weighted by atomic mass is 9.96. The van der Waals surface area contributed by atoms with E-state index in [9.17, 15) is 0 Å². The first-order chi connectivity index (χ1) is 8.70. The van der Waals surface area contributed by atoms with Crippen LogP contribution in [0.5, 0.6) is 0 Å². The third-order valence-electron chi connectivity index (χ3n) is 3.59.